The van der Waals surface area contributed by atoms with Crippen LogP contribution in [0.15, 0.2) is 12.1 Å². The number of likely N-dealkylation sites (tertiary alicyclic amines) is 1. The topological polar surface area (TPSA) is 59.2 Å². The second-order valence-corrected chi connectivity index (χ2v) is 7.31. The lowest BCUT2D eigenvalue weighted by Crippen LogP contribution is -2.43. The Labute approximate surface area is 155 Å². The van der Waals surface area contributed by atoms with Crippen molar-refractivity contribution in [3.63, 3.8) is 0 Å². The molecule has 142 valence electrons. The number of carbonyl (C=O) groups is 1. The number of hydrogen-bond acceptors (Lipinski definition) is 4. The molecule has 26 heavy (non-hydrogen) atoms. The fraction of sp³-hybridized carbons (Fsp3) is 0.632. The number of hydrogen-bond donors (Lipinski definition) is 0. The lowest BCUT2D eigenvalue weighted by atomic mass is 10.2. The van der Waals surface area contributed by atoms with E-state index in [1.54, 1.807) is 4.68 Å². The molecule has 1 unspecified atom stereocenters. The minimum Gasteiger partial charge on any atom is -0.330 e. The summed E-state index contributed by atoms with van der Waals surface area (Å²) in [6.07, 6.45) is 2.34. The minimum atomic E-state index is -0.00416. The van der Waals surface area contributed by atoms with Crippen LogP contribution in [0.3, 0.4) is 0 Å². The Hall–Kier alpha value is -2.15. The molecule has 1 fully saturated rings. The third-order valence-electron chi connectivity index (χ3n) is 5.41. The Kier molecular flexibility index (Phi) is 5.46. The van der Waals surface area contributed by atoms with Crippen molar-refractivity contribution in [2.75, 3.05) is 19.6 Å². The van der Waals surface area contributed by atoms with Gasteiger partial charge >= 0.3 is 0 Å². The summed E-state index contributed by atoms with van der Waals surface area (Å²) in [4.78, 5) is 17.6. The zero-order valence-electron chi connectivity index (χ0n) is 16.6. The molecule has 0 N–H and O–H groups in total. The van der Waals surface area contributed by atoms with E-state index in [2.05, 4.69) is 28.1 Å². The number of aromatic nitrogens is 4. The first kappa shape index (κ1) is 18.6. The predicted octanol–water partition coefficient (Wildman–Crippen LogP) is 1.90. The quantitative estimate of drug-likeness (QED) is 0.791. The standard InChI is InChI=1S/C19H30N6O/c1-6-24-9-7-8-16(24)12-25(13-17-10-14(2)20-23(17)5)19(26)18-11-15(3)22(4)21-18/h10-11,16H,6-9,12-13H2,1-5H3. The number of amides is 1. The molecule has 0 saturated carbocycles. The molecule has 3 heterocycles. The molecular formula is C19H30N6O. The van der Waals surface area contributed by atoms with Crippen molar-refractivity contribution >= 4 is 5.91 Å². The maximum Gasteiger partial charge on any atom is 0.274 e. The Morgan fingerprint density at radius 2 is 2.00 bits per heavy atom. The average Bonchev–Trinajstić information content (AvgIpc) is 3.27. The third kappa shape index (κ3) is 3.82. The molecule has 1 aliphatic rings. The summed E-state index contributed by atoms with van der Waals surface area (Å²) in [6, 6.07) is 4.34. The van der Waals surface area contributed by atoms with E-state index in [0.29, 0.717) is 18.3 Å². The van der Waals surface area contributed by atoms with Crippen LogP contribution in [-0.2, 0) is 20.6 Å². The third-order valence-corrected chi connectivity index (χ3v) is 5.41. The molecule has 0 spiro atoms. The molecule has 2 aromatic rings. The monoisotopic (exact) mass is 358 g/mol. The zero-order chi connectivity index (χ0) is 18.8. The first-order valence-corrected chi connectivity index (χ1v) is 9.42. The van der Waals surface area contributed by atoms with E-state index in [1.807, 2.05) is 43.6 Å². The summed E-state index contributed by atoms with van der Waals surface area (Å²) in [5, 5.41) is 8.83. The van der Waals surface area contributed by atoms with Crippen LogP contribution in [0.4, 0.5) is 0 Å². The predicted molar refractivity (Wildman–Crippen MR) is 101 cm³/mol. The molecule has 3 rings (SSSR count). The smallest absolute Gasteiger partial charge is 0.274 e. The molecular weight excluding hydrogens is 328 g/mol. The lowest BCUT2D eigenvalue weighted by molar-refractivity contribution is 0.0681. The fourth-order valence-electron chi connectivity index (χ4n) is 3.83. The van der Waals surface area contributed by atoms with Crippen LogP contribution in [0.1, 0.15) is 47.3 Å². The SMILES string of the molecule is CCN1CCCC1CN(Cc1cc(C)nn1C)C(=O)c1cc(C)n(C)n1. The van der Waals surface area contributed by atoms with Crippen LogP contribution < -0.4 is 0 Å². The van der Waals surface area contributed by atoms with E-state index in [1.165, 1.54) is 6.42 Å². The van der Waals surface area contributed by atoms with Gasteiger partial charge in [0.15, 0.2) is 5.69 Å². The van der Waals surface area contributed by atoms with Gasteiger partial charge < -0.3 is 4.90 Å². The molecule has 1 atom stereocenters. The first-order valence-electron chi connectivity index (χ1n) is 9.42. The Bertz CT molecular complexity index is 758. The van der Waals surface area contributed by atoms with Gasteiger partial charge in [-0.3, -0.25) is 19.1 Å². The van der Waals surface area contributed by atoms with Gasteiger partial charge in [-0.25, -0.2) is 0 Å². The van der Waals surface area contributed by atoms with Gasteiger partial charge in [-0.15, -0.1) is 0 Å². The number of rotatable bonds is 6. The van der Waals surface area contributed by atoms with E-state index in [4.69, 9.17) is 0 Å². The largest absolute Gasteiger partial charge is 0.330 e. The van der Waals surface area contributed by atoms with Gasteiger partial charge in [0.05, 0.1) is 17.9 Å². The average molecular weight is 358 g/mol. The van der Waals surface area contributed by atoms with Gasteiger partial charge in [0.25, 0.3) is 5.91 Å². The van der Waals surface area contributed by atoms with Crippen LogP contribution in [0.5, 0.6) is 0 Å². The summed E-state index contributed by atoms with van der Waals surface area (Å²) in [5.41, 5.74) is 3.52. The number of aryl methyl sites for hydroxylation is 4. The molecule has 2 aromatic heterocycles. The highest BCUT2D eigenvalue weighted by atomic mass is 16.2. The van der Waals surface area contributed by atoms with Gasteiger partial charge in [-0.2, -0.15) is 10.2 Å². The number of carbonyl (C=O) groups excluding carboxylic acids is 1. The summed E-state index contributed by atoms with van der Waals surface area (Å²) < 4.78 is 3.62. The molecule has 0 aliphatic carbocycles. The maximum atomic E-state index is 13.2. The van der Waals surface area contributed by atoms with Crippen molar-refractivity contribution in [2.45, 2.75) is 46.2 Å². The van der Waals surface area contributed by atoms with Crippen molar-refractivity contribution in [3.8, 4) is 0 Å². The van der Waals surface area contributed by atoms with Crippen molar-refractivity contribution in [2.24, 2.45) is 14.1 Å². The minimum absolute atomic E-state index is 0.00416. The Morgan fingerprint density at radius 3 is 2.58 bits per heavy atom. The van der Waals surface area contributed by atoms with Crippen molar-refractivity contribution in [1.29, 1.82) is 0 Å². The number of likely N-dealkylation sites (N-methyl/N-ethyl adjacent to an activating group) is 1. The molecule has 0 radical (unpaired) electrons. The van der Waals surface area contributed by atoms with Crippen molar-refractivity contribution < 1.29 is 4.79 Å². The summed E-state index contributed by atoms with van der Waals surface area (Å²) in [6.45, 7) is 9.57. The van der Waals surface area contributed by atoms with E-state index < -0.39 is 0 Å². The van der Waals surface area contributed by atoms with Gasteiger partial charge in [0, 0.05) is 32.4 Å². The van der Waals surface area contributed by atoms with Crippen LogP contribution in [-0.4, -0.2) is 60.9 Å². The van der Waals surface area contributed by atoms with Crippen molar-refractivity contribution in [3.05, 3.63) is 34.9 Å². The van der Waals surface area contributed by atoms with Gasteiger partial charge in [0.2, 0.25) is 0 Å². The maximum absolute atomic E-state index is 13.2. The second kappa shape index (κ2) is 7.61. The normalized spacial score (nSPS) is 17.8. The molecule has 0 bridgehead atoms. The van der Waals surface area contributed by atoms with E-state index >= 15 is 0 Å². The van der Waals surface area contributed by atoms with E-state index in [9.17, 15) is 4.79 Å². The molecule has 0 aromatic carbocycles. The van der Waals surface area contributed by atoms with Gasteiger partial charge in [-0.1, -0.05) is 6.92 Å². The van der Waals surface area contributed by atoms with E-state index in [-0.39, 0.29) is 5.91 Å². The van der Waals surface area contributed by atoms with E-state index in [0.717, 1.165) is 43.1 Å². The molecule has 1 aliphatic heterocycles. The lowest BCUT2D eigenvalue weighted by Gasteiger charge is -2.30. The summed E-state index contributed by atoms with van der Waals surface area (Å²) in [5.74, 6) is -0.00416. The summed E-state index contributed by atoms with van der Waals surface area (Å²) >= 11 is 0. The van der Waals surface area contributed by atoms with Gasteiger partial charge in [0.1, 0.15) is 0 Å². The van der Waals surface area contributed by atoms with Crippen LogP contribution >= 0.6 is 0 Å². The molecule has 1 saturated heterocycles. The van der Waals surface area contributed by atoms with Crippen LogP contribution in [0.25, 0.3) is 0 Å². The molecule has 7 heteroatoms. The summed E-state index contributed by atoms with van der Waals surface area (Å²) in [7, 11) is 3.81. The van der Waals surface area contributed by atoms with Crippen LogP contribution in [0, 0.1) is 13.8 Å². The molecule has 1 amide bonds. The van der Waals surface area contributed by atoms with Crippen LogP contribution in [0.2, 0.25) is 0 Å². The second-order valence-electron chi connectivity index (χ2n) is 7.31. The number of nitrogens with zero attached hydrogens (tertiary/aromatic N) is 6. The van der Waals surface area contributed by atoms with Crippen molar-refractivity contribution in [1.82, 2.24) is 29.4 Å². The Balaban J connectivity index is 1.85. The van der Waals surface area contributed by atoms with Gasteiger partial charge in [-0.05, 0) is 51.9 Å². The first-order chi connectivity index (χ1) is 12.4. The highest BCUT2D eigenvalue weighted by Crippen LogP contribution is 2.20. The highest BCUT2D eigenvalue weighted by Gasteiger charge is 2.29. The molecule has 7 nitrogen and oxygen atoms in total. The Morgan fingerprint density at radius 1 is 1.23 bits per heavy atom. The highest BCUT2D eigenvalue weighted by molar-refractivity contribution is 5.92. The fourth-order valence-corrected chi connectivity index (χ4v) is 3.83. The zero-order valence-corrected chi connectivity index (χ0v) is 16.6.